The van der Waals surface area contributed by atoms with Crippen molar-refractivity contribution in [3.8, 4) is 5.75 Å². The van der Waals surface area contributed by atoms with Crippen LogP contribution in [0.15, 0.2) is 29.3 Å². The Labute approximate surface area is 176 Å². The van der Waals surface area contributed by atoms with Gasteiger partial charge in [0.1, 0.15) is 10.6 Å². The summed E-state index contributed by atoms with van der Waals surface area (Å²) in [6.45, 7) is 2.48. The van der Waals surface area contributed by atoms with Crippen LogP contribution in [0.25, 0.3) is 10.2 Å². The highest BCUT2D eigenvalue weighted by Crippen LogP contribution is 2.35. The predicted molar refractivity (Wildman–Crippen MR) is 115 cm³/mol. The molecule has 0 fully saturated rings. The summed E-state index contributed by atoms with van der Waals surface area (Å²) in [5.41, 5.74) is 2.00. The molecule has 1 amide bonds. The third kappa shape index (κ3) is 3.02. The summed E-state index contributed by atoms with van der Waals surface area (Å²) in [5, 5.41) is 0.668. The van der Waals surface area contributed by atoms with E-state index in [1.54, 1.807) is 34.4 Å². The Balaban J connectivity index is 1.47. The summed E-state index contributed by atoms with van der Waals surface area (Å²) in [4.78, 5) is 46.3. The summed E-state index contributed by atoms with van der Waals surface area (Å²) < 4.78 is 6.89. The maximum Gasteiger partial charge on any atom is 0.265 e. The molecule has 2 aliphatic rings. The number of ether oxygens (including phenoxy) is 1. The second kappa shape index (κ2) is 7.36. The molecule has 0 N–H and O–H groups in total. The molecule has 0 unspecified atom stereocenters. The van der Waals surface area contributed by atoms with Gasteiger partial charge >= 0.3 is 0 Å². The third-order valence-corrected chi connectivity index (χ3v) is 6.88. The molecule has 7 nitrogen and oxygen atoms in total. The largest absolute Gasteiger partial charge is 0.482 e. The van der Waals surface area contributed by atoms with Crippen molar-refractivity contribution >= 4 is 38.9 Å². The first kappa shape index (κ1) is 19.0. The van der Waals surface area contributed by atoms with E-state index in [1.165, 1.54) is 15.8 Å². The molecule has 1 aliphatic carbocycles. The number of carbonyl (C=O) groups excluding carboxylic acids is 2. The van der Waals surface area contributed by atoms with Crippen molar-refractivity contribution in [2.24, 2.45) is 0 Å². The molecule has 2 aromatic heterocycles. The third-order valence-electron chi connectivity index (χ3n) is 5.68. The number of anilines is 1. The van der Waals surface area contributed by atoms with Crippen LogP contribution in [-0.4, -0.2) is 34.4 Å². The maximum absolute atomic E-state index is 13.0. The molecule has 3 aromatic rings. The van der Waals surface area contributed by atoms with Gasteiger partial charge in [-0.05, 0) is 49.4 Å². The lowest BCUT2D eigenvalue weighted by atomic mass is 10.1. The van der Waals surface area contributed by atoms with Gasteiger partial charge in [0.2, 0.25) is 0 Å². The Morgan fingerprint density at radius 2 is 2.13 bits per heavy atom. The lowest BCUT2D eigenvalue weighted by Crippen LogP contribution is -2.39. The zero-order valence-electron chi connectivity index (χ0n) is 16.6. The molecule has 3 heterocycles. The standard InChI is InChI=1S/C22H21N3O4S/c1-2-8-25-15-9-13(6-7-17(15)29-11-19(25)27)16(26)10-24-12-23-21-20(22(24)28)14-4-3-5-18(14)30-21/h6-7,9,12H,2-5,8,10-11H2,1H3. The molecule has 154 valence electrons. The number of nitrogens with zero attached hydrogens (tertiary/aromatic N) is 3. The van der Waals surface area contributed by atoms with Crippen LogP contribution in [0.2, 0.25) is 0 Å². The Bertz CT molecular complexity index is 1240. The Morgan fingerprint density at radius 1 is 1.27 bits per heavy atom. The summed E-state index contributed by atoms with van der Waals surface area (Å²) in [7, 11) is 0. The maximum atomic E-state index is 13.0. The van der Waals surface area contributed by atoms with Crippen molar-refractivity contribution in [2.75, 3.05) is 18.1 Å². The quantitative estimate of drug-likeness (QED) is 0.590. The number of amides is 1. The number of aryl methyl sites for hydroxylation is 2. The number of rotatable bonds is 5. The number of hydrogen-bond donors (Lipinski definition) is 0. The number of fused-ring (bicyclic) bond motifs is 4. The molecule has 0 saturated heterocycles. The lowest BCUT2D eigenvalue weighted by molar-refractivity contribution is -0.121. The van der Waals surface area contributed by atoms with Crippen molar-refractivity contribution in [2.45, 2.75) is 39.2 Å². The van der Waals surface area contributed by atoms with E-state index in [4.69, 9.17) is 4.74 Å². The Morgan fingerprint density at radius 3 is 2.97 bits per heavy atom. The topological polar surface area (TPSA) is 81.5 Å². The highest BCUT2D eigenvalue weighted by atomic mass is 32.1. The average molecular weight is 423 g/mol. The predicted octanol–water partition coefficient (Wildman–Crippen LogP) is 2.97. The van der Waals surface area contributed by atoms with Crippen LogP contribution in [0.5, 0.6) is 5.75 Å². The lowest BCUT2D eigenvalue weighted by Gasteiger charge is -2.29. The van der Waals surface area contributed by atoms with Crippen LogP contribution in [0.4, 0.5) is 5.69 Å². The van der Waals surface area contributed by atoms with Gasteiger partial charge in [-0.25, -0.2) is 4.98 Å². The van der Waals surface area contributed by atoms with Crippen LogP contribution in [-0.2, 0) is 24.2 Å². The average Bonchev–Trinajstić information content (AvgIpc) is 3.33. The van der Waals surface area contributed by atoms with Crippen molar-refractivity contribution in [3.05, 3.63) is 50.9 Å². The highest BCUT2D eigenvalue weighted by Gasteiger charge is 2.26. The summed E-state index contributed by atoms with van der Waals surface area (Å²) in [5.74, 6) is 0.266. The van der Waals surface area contributed by atoms with Crippen LogP contribution in [0.3, 0.4) is 0 Å². The van der Waals surface area contributed by atoms with Crippen LogP contribution in [0, 0.1) is 0 Å². The minimum Gasteiger partial charge on any atom is -0.482 e. The normalized spacial score (nSPS) is 15.2. The van der Waals surface area contributed by atoms with E-state index in [9.17, 15) is 14.4 Å². The molecule has 0 bridgehead atoms. The number of Topliss-reactive ketones (excluding diaryl/α,β-unsaturated/α-hetero) is 1. The second-order valence-electron chi connectivity index (χ2n) is 7.65. The first-order valence-electron chi connectivity index (χ1n) is 10.2. The zero-order chi connectivity index (χ0) is 20.8. The first-order valence-corrected chi connectivity index (χ1v) is 11.0. The van der Waals surface area contributed by atoms with E-state index in [0.717, 1.165) is 36.1 Å². The number of benzene rings is 1. The second-order valence-corrected chi connectivity index (χ2v) is 8.74. The van der Waals surface area contributed by atoms with E-state index in [1.807, 2.05) is 6.92 Å². The number of thiophene rings is 1. The summed E-state index contributed by atoms with van der Waals surface area (Å²) >= 11 is 1.58. The Kier molecular flexibility index (Phi) is 4.66. The fourth-order valence-electron chi connectivity index (χ4n) is 4.22. The van der Waals surface area contributed by atoms with Gasteiger partial charge in [0.15, 0.2) is 12.4 Å². The molecular weight excluding hydrogens is 402 g/mol. The zero-order valence-corrected chi connectivity index (χ0v) is 17.5. The van der Waals surface area contributed by atoms with Gasteiger partial charge < -0.3 is 9.64 Å². The molecular formula is C22H21N3O4S. The van der Waals surface area contributed by atoms with Gasteiger partial charge in [-0.3, -0.25) is 19.0 Å². The molecule has 30 heavy (non-hydrogen) atoms. The van der Waals surface area contributed by atoms with Crippen molar-refractivity contribution in [1.82, 2.24) is 9.55 Å². The molecule has 0 spiro atoms. The van der Waals surface area contributed by atoms with Crippen molar-refractivity contribution in [3.63, 3.8) is 0 Å². The van der Waals surface area contributed by atoms with Gasteiger partial charge in [-0.1, -0.05) is 6.92 Å². The van der Waals surface area contributed by atoms with Gasteiger partial charge in [0.25, 0.3) is 11.5 Å². The SMILES string of the molecule is CCCN1C(=O)COc2ccc(C(=O)Cn3cnc4sc5c(c4c3=O)CCC5)cc21. The molecule has 8 heteroatoms. The minimum absolute atomic E-state index is 0.00628. The van der Waals surface area contributed by atoms with E-state index in [-0.39, 0.29) is 30.4 Å². The number of carbonyl (C=O) groups is 2. The van der Waals surface area contributed by atoms with Crippen molar-refractivity contribution in [1.29, 1.82) is 0 Å². The molecule has 0 radical (unpaired) electrons. The smallest absolute Gasteiger partial charge is 0.265 e. The number of hydrogen-bond acceptors (Lipinski definition) is 6. The summed E-state index contributed by atoms with van der Waals surface area (Å²) in [6, 6.07) is 5.08. The molecule has 0 atom stereocenters. The van der Waals surface area contributed by atoms with E-state index in [0.29, 0.717) is 28.9 Å². The molecule has 0 saturated carbocycles. The van der Waals surface area contributed by atoms with Crippen LogP contribution in [0.1, 0.15) is 40.6 Å². The van der Waals surface area contributed by atoms with Gasteiger partial charge in [-0.2, -0.15) is 0 Å². The number of ketones is 1. The van der Waals surface area contributed by atoms with E-state index < -0.39 is 0 Å². The monoisotopic (exact) mass is 423 g/mol. The molecule has 5 rings (SSSR count). The van der Waals surface area contributed by atoms with Crippen molar-refractivity contribution < 1.29 is 14.3 Å². The van der Waals surface area contributed by atoms with Gasteiger partial charge in [0, 0.05) is 17.0 Å². The van der Waals surface area contributed by atoms with E-state index in [2.05, 4.69) is 4.98 Å². The fraction of sp³-hybridized carbons (Fsp3) is 0.364. The minimum atomic E-state index is -0.206. The van der Waals surface area contributed by atoms with Crippen LogP contribution < -0.4 is 15.2 Å². The van der Waals surface area contributed by atoms with Gasteiger partial charge in [-0.15, -0.1) is 11.3 Å². The first-order chi connectivity index (χ1) is 14.6. The fourth-order valence-corrected chi connectivity index (χ4v) is 5.44. The van der Waals surface area contributed by atoms with Gasteiger partial charge in [0.05, 0.1) is 23.9 Å². The summed E-state index contributed by atoms with van der Waals surface area (Å²) in [6.07, 6.45) is 5.22. The highest BCUT2D eigenvalue weighted by molar-refractivity contribution is 7.18. The number of aromatic nitrogens is 2. The van der Waals surface area contributed by atoms with Crippen LogP contribution >= 0.6 is 11.3 Å². The van der Waals surface area contributed by atoms with E-state index >= 15 is 0 Å². The Hall–Kier alpha value is -3.00. The molecule has 1 aromatic carbocycles. The molecule has 1 aliphatic heterocycles.